The van der Waals surface area contributed by atoms with Gasteiger partial charge in [-0.2, -0.15) is 0 Å². The summed E-state index contributed by atoms with van der Waals surface area (Å²) in [6, 6.07) is 1.66. The Bertz CT molecular complexity index is 132. The Morgan fingerprint density at radius 1 is 1.88 bits per heavy atom. The van der Waals surface area contributed by atoms with Crippen LogP contribution >= 0.6 is 0 Å². The van der Waals surface area contributed by atoms with Crippen LogP contribution in [0, 0.1) is 6.26 Å². The number of furan rings is 1. The van der Waals surface area contributed by atoms with Crippen LogP contribution in [0.5, 0.6) is 5.75 Å². The number of hydrogen-bond donors (Lipinski definition) is 0. The summed E-state index contributed by atoms with van der Waals surface area (Å²) in [5.74, 6) is 0.743. The Labute approximate surface area is 48.1 Å². The monoisotopic (exact) mass is 111 g/mol. The van der Waals surface area contributed by atoms with E-state index in [9.17, 15) is 0 Å². The fourth-order valence-electron chi connectivity index (χ4n) is 0.461. The van der Waals surface area contributed by atoms with Crippen molar-refractivity contribution in [3.05, 3.63) is 18.6 Å². The van der Waals surface area contributed by atoms with E-state index < -0.39 is 0 Å². The molecule has 0 amide bonds. The van der Waals surface area contributed by atoms with Gasteiger partial charge in [-0.25, -0.2) is 0 Å². The molecular weight excluding hydrogens is 104 g/mol. The lowest BCUT2D eigenvalue weighted by Gasteiger charge is -1.92. The van der Waals surface area contributed by atoms with Crippen molar-refractivity contribution in [1.29, 1.82) is 0 Å². The molecule has 1 aromatic rings. The van der Waals surface area contributed by atoms with E-state index in [1.165, 1.54) is 6.26 Å². The topological polar surface area (TPSA) is 22.4 Å². The SMILES string of the molecule is CCOc1c[c]oc1. The van der Waals surface area contributed by atoms with Gasteiger partial charge in [0.1, 0.15) is 6.26 Å². The van der Waals surface area contributed by atoms with Crippen LogP contribution in [-0.4, -0.2) is 6.61 Å². The van der Waals surface area contributed by atoms with E-state index in [-0.39, 0.29) is 0 Å². The maximum Gasteiger partial charge on any atom is 0.173 e. The van der Waals surface area contributed by atoms with Crippen LogP contribution < -0.4 is 4.74 Å². The van der Waals surface area contributed by atoms with E-state index >= 15 is 0 Å². The molecule has 0 saturated heterocycles. The van der Waals surface area contributed by atoms with Gasteiger partial charge in [-0.05, 0) is 6.92 Å². The van der Waals surface area contributed by atoms with Gasteiger partial charge in [0, 0.05) is 6.07 Å². The van der Waals surface area contributed by atoms with Gasteiger partial charge in [-0.15, -0.1) is 0 Å². The second-order valence-electron chi connectivity index (χ2n) is 1.33. The van der Waals surface area contributed by atoms with Crippen LogP contribution in [0.1, 0.15) is 6.92 Å². The third-order valence-electron chi connectivity index (χ3n) is 0.755. The lowest BCUT2D eigenvalue weighted by Crippen LogP contribution is -1.87. The summed E-state index contributed by atoms with van der Waals surface area (Å²) in [4.78, 5) is 0. The first-order chi connectivity index (χ1) is 3.93. The average Bonchev–Trinajstić information content (AvgIpc) is 2.19. The van der Waals surface area contributed by atoms with Crippen molar-refractivity contribution in [3.63, 3.8) is 0 Å². The summed E-state index contributed by atoms with van der Waals surface area (Å²) in [6.07, 6.45) is 4.03. The van der Waals surface area contributed by atoms with E-state index in [2.05, 4.69) is 10.7 Å². The van der Waals surface area contributed by atoms with Crippen molar-refractivity contribution in [2.75, 3.05) is 6.61 Å². The molecule has 0 N–H and O–H groups in total. The minimum absolute atomic E-state index is 0.674. The highest BCUT2D eigenvalue weighted by atomic mass is 16.5. The first kappa shape index (κ1) is 5.22. The summed E-state index contributed by atoms with van der Waals surface area (Å²) in [5, 5.41) is 0. The molecule has 0 aliphatic heterocycles. The number of rotatable bonds is 2. The zero-order valence-corrected chi connectivity index (χ0v) is 4.68. The van der Waals surface area contributed by atoms with Crippen molar-refractivity contribution < 1.29 is 9.15 Å². The first-order valence-corrected chi connectivity index (χ1v) is 2.51. The summed E-state index contributed by atoms with van der Waals surface area (Å²) in [5.41, 5.74) is 0. The van der Waals surface area contributed by atoms with E-state index in [0.29, 0.717) is 6.61 Å². The Morgan fingerprint density at radius 3 is 3.25 bits per heavy atom. The van der Waals surface area contributed by atoms with Crippen LogP contribution in [-0.2, 0) is 0 Å². The van der Waals surface area contributed by atoms with Gasteiger partial charge in [-0.3, -0.25) is 0 Å². The molecule has 0 saturated carbocycles. The Morgan fingerprint density at radius 2 is 2.75 bits per heavy atom. The largest absolute Gasteiger partial charge is 0.490 e. The number of hydrogen-bond acceptors (Lipinski definition) is 2. The van der Waals surface area contributed by atoms with Crippen LogP contribution in [0.25, 0.3) is 0 Å². The van der Waals surface area contributed by atoms with Gasteiger partial charge < -0.3 is 9.15 Å². The molecule has 0 aliphatic carbocycles. The summed E-state index contributed by atoms with van der Waals surface area (Å²) < 4.78 is 9.64. The molecule has 0 bridgehead atoms. The molecule has 0 atom stereocenters. The maximum atomic E-state index is 5.02. The Balaban J connectivity index is 2.50. The van der Waals surface area contributed by atoms with Crippen molar-refractivity contribution in [2.24, 2.45) is 0 Å². The highest BCUT2D eigenvalue weighted by Gasteiger charge is 1.88. The van der Waals surface area contributed by atoms with Crippen molar-refractivity contribution in [2.45, 2.75) is 6.92 Å². The predicted octanol–water partition coefficient (Wildman–Crippen LogP) is 1.48. The highest BCUT2D eigenvalue weighted by Crippen LogP contribution is 2.07. The second kappa shape index (κ2) is 2.40. The smallest absolute Gasteiger partial charge is 0.173 e. The van der Waals surface area contributed by atoms with Gasteiger partial charge >= 0.3 is 0 Å². The molecule has 1 heterocycles. The molecule has 2 nitrogen and oxygen atoms in total. The summed E-state index contributed by atoms with van der Waals surface area (Å²) in [7, 11) is 0. The van der Waals surface area contributed by atoms with E-state index in [1.54, 1.807) is 6.07 Å². The molecule has 1 aromatic heterocycles. The summed E-state index contributed by atoms with van der Waals surface area (Å²) in [6.45, 7) is 2.60. The molecule has 2 heteroatoms. The highest BCUT2D eigenvalue weighted by molar-refractivity contribution is 5.11. The normalized spacial score (nSPS) is 9.12. The third-order valence-corrected chi connectivity index (χ3v) is 0.755. The van der Waals surface area contributed by atoms with E-state index in [4.69, 9.17) is 4.74 Å². The first-order valence-electron chi connectivity index (χ1n) is 2.51. The quantitative estimate of drug-likeness (QED) is 0.576. The van der Waals surface area contributed by atoms with Gasteiger partial charge in [0.2, 0.25) is 0 Å². The van der Waals surface area contributed by atoms with Gasteiger partial charge in [0.25, 0.3) is 0 Å². The Hall–Kier alpha value is -0.920. The molecule has 1 rings (SSSR count). The molecular formula is C6H7O2. The lowest BCUT2D eigenvalue weighted by atomic mass is 10.6. The van der Waals surface area contributed by atoms with Crippen LogP contribution in [0.4, 0.5) is 0 Å². The molecule has 0 spiro atoms. The van der Waals surface area contributed by atoms with E-state index in [0.717, 1.165) is 5.75 Å². The molecule has 43 valence electrons. The van der Waals surface area contributed by atoms with E-state index in [1.807, 2.05) is 6.92 Å². The van der Waals surface area contributed by atoms with Crippen LogP contribution in [0.2, 0.25) is 0 Å². The van der Waals surface area contributed by atoms with Gasteiger partial charge in [0.05, 0.1) is 6.61 Å². The lowest BCUT2D eigenvalue weighted by molar-refractivity contribution is 0.335. The van der Waals surface area contributed by atoms with Gasteiger partial charge in [0.15, 0.2) is 12.0 Å². The van der Waals surface area contributed by atoms with Crippen molar-refractivity contribution in [3.8, 4) is 5.75 Å². The average molecular weight is 111 g/mol. The van der Waals surface area contributed by atoms with Crippen molar-refractivity contribution in [1.82, 2.24) is 0 Å². The molecule has 0 aromatic carbocycles. The maximum absolute atomic E-state index is 5.02. The predicted molar refractivity (Wildman–Crippen MR) is 28.7 cm³/mol. The fraction of sp³-hybridized carbons (Fsp3) is 0.333. The second-order valence-corrected chi connectivity index (χ2v) is 1.33. The minimum atomic E-state index is 0.674. The fourth-order valence-corrected chi connectivity index (χ4v) is 0.461. The molecule has 8 heavy (non-hydrogen) atoms. The van der Waals surface area contributed by atoms with Crippen molar-refractivity contribution >= 4 is 0 Å². The Kier molecular flexibility index (Phi) is 1.57. The molecule has 0 fully saturated rings. The standard InChI is InChI=1S/C6H7O2/c1-2-8-6-3-4-7-5-6/h3,5H,2H2,1H3. The molecule has 1 radical (unpaired) electrons. The zero-order valence-electron chi connectivity index (χ0n) is 4.68. The van der Waals surface area contributed by atoms with Gasteiger partial charge in [-0.1, -0.05) is 0 Å². The number of ether oxygens (including phenoxy) is 1. The van der Waals surface area contributed by atoms with Crippen LogP contribution in [0.3, 0.4) is 0 Å². The molecule has 0 unspecified atom stereocenters. The third kappa shape index (κ3) is 1.03. The zero-order chi connectivity index (χ0) is 5.82. The summed E-state index contributed by atoms with van der Waals surface area (Å²) >= 11 is 0. The van der Waals surface area contributed by atoms with Crippen LogP contribution in [0.15, 0.2) is 16.7 Å². The minimum Gasteiger partial charge on any atom is -0.490 e. The molecule has 0 aliphatic rings.